The van der Waals surface area contributed by atoms with E-state index in [-0.39, 0.29) is 5.56 Å². The SMILES string of the molecule is CCCc1nnc2c(=O)[nH]cc(Br)n12. The summed E-state index contributed by atoms with van der Waals surface area (Å²) in [5.41, 5.74) is 0.117. The zero-order valence-corrected chi connectivity index (χ0v) is 9.21. The number of hydrogen-bond donors (Lipinski definition) is 1. The van der Waals surface area contributed by atoms with Crippen molar-refractivity contribution in [3.05, 3.63) is 27.0 Å². The molecule has 2 aromatic rings. The Hall–Kier alpha value is -1.17. The van der Waals surface area contributed by atoms with Gasteiger partial charge in [0.05, 0.1) is 0 Å². The summed E-state index contributed by atoms with van der Waals surface area (Å²) < 4.78 is 2.49. The summed E-state index contributed by atoms with van der Waals surface area (Å²) in [6.07, 6.45) is 3.38. The molecular weight excluding hydrogens is 248 g/mol. The van der Waals surface area contributed by atoms with Crippen LogP contribution >= 0.6 is 15.9 Å². The predicted molar refractivity (Wildman–Crippen MR) is 55.3 cm³/mol. The Morgan fingerprint density at radius 1 is 1.57 bits per heavy atom. The van der Waals surface area contributed by atoms with Crippen molar-refractivity contribution in [1.82, 2.24) is 19.6 Å². The number of fused-ring (bicyclic) bond motifs is 1. The standard InChI is InChI=1S/C8H9BrN4O/c1-2-3-6-11-12-7-8(14)10-4-5(9)13(6)7/h4H,2-3H2,1H3,(H,10,14). The molecule has 6 heteroatoms. The molecule has 1 N–H and O–H groups in total. The Bertz CT molecular complexity index is 516. The number of nitrogens with zero attached hydrogens (tertiary/aromatic N) is 3. The first-order valence-electron chi connectivity index (χ1n) is 4.35. The monoisotopic (exact) mass is 256 g/mol. The average Bonchev–Trinajstić information content (AvgIpc) is 2.58. The lowest BCUT2D eigenvalue weighted by Gasteiger charge is -1.99. The molecular formula is C8H9BrN4O. The first-order chi connectivity index (χ1) is 6.74. The van der Waals surface area contributed by atoms with Gasteiger partial charge in [-0.05, 0) is 22.4 Å². The lowest BCUT2D eigenvalue weighted by atomic mass is 10.3. The Morgan fingerprint density at radius 2 is 2.36 bits per heavy atom. The van der Waals surface area contributed by atoms with Crippen molar-refractivity contribution in [3.8, 4) is 0 Å². The summed E-state index contributed by atoms with van der Waals surface area (Å²) in [6, 6.07) is 0. The van der Waals surface area contributed by atoms with Gasteiger partial charge in [-0.1, -0.05) is 6.92 Å². The number of nitrogens with one attached hydrogen (secondary N) is 1. The van der Waals surface area contributed by atoms with E-state index in [4.69, 9.17) is 0 Å². The van der Waals surface area contributed by atoms with Gasteiger partial charge >= 0.3 is 0 Å². The van der Waals surface area contributed by atoms with Crippen molar-refractivity contribution >= 4 is 21.6 Å². The van der Waals surface area contributed by atoms with Crippen LogP contribution < -0.4 is 5.56 Å². The van der Waals surface area contributed by atoms with Crippen molar-refractivity contribution < 1.29 is 0 Å². The summed E-state index contributed by atoms with van der Waals surface area (Å²) >= 11 is 3.34. The van der Waals surface area contributed by atoms with Crippen LogP contribution in [0.3, 0.4) is 0 Å². The number of H-pyrrole nitrogens is 1. The second-order valence-electron chi connectivity index (χ2n) is 2.97. The molecule has 0 bridgehead atoms. The van der Waals surface area contributed by atoms with Crippen LogP contribution in [0.2, 0.25) is 0 Å². The Balaban J connectivity index is 2.77. The largest absolute Gasteiger partial charge is 0.323 e. The van der Waals surface area contributed by atoms with Crippen molar-refractivity contribution in [3.63, 3.8) is 0 Å². The Kier molecular flexibility index (Phi) is 2.37. The van der Waals surface area contributed by atoms with E-state index in [9.17, 15) is 4.79 Å². The highest BCUT2D eigenvalue weighted by Crippen LogP contribution is 2.11. The van der Waals surface area contributed by atoms with E-state index in [0.717, 1.165) is 23.3 Å². The van der Waals surface area contributed by atoms with E-state index >= 15 is 0 Å². The van der Waals surface area contributed by atoms with E-state index in [2.05, 4.69) is 38.0 Å². The van der Waals surface area contributed by atoms with Gasteiger partial charge in [-0.2, -0.15) is 0 Å². The maximum Gasteiger partial charge on any atom is 0.293 e. The topological polar surface area (TPSA) is 63.0 Å². The average molecular weight is 257 g/mol. The van der Waals surface area contributed by atoms with E-state index in [1.807, 2.05) is 0 Å². The Morgan fingerprint density at radius 3 is 3.07 bits per heavy atom. The number of hydrogen-bond acceptors (Lipinski definition) is 3. The third-order valence-electron chi connectivity index (χ3n) is 1.94. The first-order valence-corrected chi connectivity index (χ1v) is 5.14. The van der Waals surface area contributed by atoms with E-state index in [0.29, 0.717) is 5.65 Å². The second-order valence-corrected chi connectivity index (χ2v) is 3.78. The highest BCUT2D eigenvalue weighted by atomic mass is 79.9. The molecule has 0 aliphatic carbocycles. The zero-order chi connectivity index (χ0) is 10.1. The van der Waals surface area contributed by atoms with Crippen LogP contribution in [0.4, 0.5) is 0 Å². The molecule has 14 heavy (non-hydrogen) atoms. The molecule has 0 radical (unpaired) electrons. The minimum atomic E-state index is -0.219. The van der Waals surface area contributed by atoms with Crippen LogP contribution in [0.1, 0.15) is 19.2 Å². The highest BCUT2D eigenvalue weighted by Gasteiger charge is 2.09. The molecule has 5 nitrogen and oxygen atoms in total. The molecule has 0 amide bonds. The molecule has 0 saturated carbocycles. The molecule has 0 atom stereocenters. The third kappa shape index (κ3) is 1.35. The molecule has 74 valence electrons. The predicted octanol–water partition coefficient (Wildman–Crippen LogP) is 1.13. The maximum atomic E-state index is 11.3. The van der Waals surface area contributed by atoms with Crippen LogP contribution in [0.25, 0.3) is 5.65 Å². The first kappa shape index (κ1) is 9.39. The minimum Gasteiger partial charge on any atom is -0.323 e. The zero-order valence-electron chi connectivity index (χ0n) is 7.62. The van der Waals surface area contributed by atoms with Gasteiger partial charge in [0.15, 0.2) is 0 Å². The lowest BCUT2D eigenvalue weighted by molar-refractivity contribution is 0.810. The van der Waals surface area contributed by atoms with Gasteiger partial charge in [0.25, 0.3) is 5.56 Å². The molecule has 0 unspecified atom stereocenters. The smallest absolute Gasteiger partial charge is 0.293 e. The minimum absolute atomic E-state index is 0.219. The van der Waals surface area contributed by atoms with Crippen molar-refractivity contribution in [2.24, 2.45) is 0 Å². The second kappa shape index (κ2) is 3.53. The summed E-state index contributed by atoms with van der Waals surface area (Å²) in [4.78, 5) is 13.9. The van der Waals surface area contributed by atoms with Crippen LogP contribution in [-0.4, -0.2) is 19.6 Å². The number of halogens is 1. The van der Waals surface area contributed by atoms with Gasteiger partial charge in [-0.25, -0.2) is 0 Å². The molecule has 0 aliphatic rings. The molecule has 0 aromatic carbocycles. The van der Waals surface area contributed by atoms with Gasteiger partial charge < -0.3 is 4.98 Å². The fraction of sp³-hybridized carbons (Fsp3) is 0.375. The van der Waals surface area contributed by atoms with Crippen molar-refractivity contribution in [2.75, 3.05) is 0 Å². The molecule has 0 aliphatic heterocycles. The summed E-state index contributed by atoms with van der Waals surface area (Å²) in [5, 5.41) is 7.81. The molecule has 0 spiro atoms. The number of aryl methyl sites for hydroxylation is 1. The van der Waals surface area contributed by atoms with Gasteiger partial charge in [0.1, 0.15) is 10.4 Å². The van der Waals surface area contributed by atoms with Gasteiger partial charge in [-0.3, -0.25) is 9.20 Å². The summed E-state index contributed by atoms with van der Waals surface area (Å²) in [6.45, 7) is 2.06. The highest BCUT2D eigenvalue weighted by molar-refractivity contribution is 9.10. The summed E-state index contributed by atoms with van der Waals surface area (Å²) in [7, 11) is 0. The van der Waals surface area contributed by atoms with E-state index in [1.54, 1.807) is 10.6 Å². The quantitative estimate of drug-likeness (QED) is 0.877. The van der Waals surface area contributed by atoms with Crippen LogP contribution in [0, 0.1) is 0 Å². The fourth-order valence-electron chi connectivity index (χ4n) is 1.33. The van der Waals surface area contributed by atoms with E-state index in [1.165, 1.54) is 0 Å². The van der Waals surface area contributed by atoms with Gasteiger partial charge in [0.2, 0.25) is 5.65 Å². The lowest BCUT2D eigenvalue weighted by Crippen LogP contribution is -2.10. The van der Waals surface area contributed by atoms with Crippen LogP contribution in [0.5, 0.6) is 0 Å². The number of rotatable bonds is 2. The normalized spacial score (nSPS) is 11.0. The molecule has 0 saturated heterocycles. The van der Waals surface area contributed by atoms with Gasteiger partial charge in [0, 0.05) is 12.6 Å². The Labute approximate surface area is 88.3 Å². The molecule has 0 fully saturated rings. The molecule has 2 heterocycles. The molecule has 2 aromatic heterocycles. The molecule has 2 rings (SSSR count). The van der Waals surface area contributed by atoms with Crippen LogP contribution in [0.15, 0.2) is 15.6 Å². The third-order valence-corrected chi connectivity index (χ3v) is 2.53. The van der Waals surface area contributed by atoms with E-state index < -0.39 is 0 Å². The number of aromatic nitrogens is 4. The maximum absolute atomic E-state index is 11.3. The van der Waals surface area contributed by atoms with Crippen LogP contribution in [-0.2, 0) is 6.42 Å². The van der Waals surface area contributed by atoms with Gasteiger partial charge in [-0.15, -0.1) is 10.2 Å². The summed E-state index contributed by atoms with van der Waals surface area (Å²) in [5.74, 6) is 0.806. The van der Waals surface area contributed by atoms with Crippen molar-refractivity contribution in [2.45, 2.75) is 19.8 Å². The number of aromatic amines is 1. The fourth-order valence-corrected chi connectivity index (χ4v) is 1.81. The van der Waals surface area contributed by atoms with Crippen molar-refractivity contribution in [1.29, 1.82) is 0 Å².